The van der Waals surface area contributed by atoms with E-state index in [1.807, 2.05) is 12.1 Å². The summed E-state index contributed by atoms with van der Waals surface area (Å²) in [7, 11) is 0. The van der Waals surface area contributed by atoms with Crippen LogP contribution in [0, 0.1) is 11.7 Å². The summed E-state index contributed by atoms with van der Waals surface area (Å²) in [5.41, 5.74) is 0.327. The summed E-state index contributed by atoms with van der Waals surface area (Å²) in [6.45, 7) is 11.5. The molecule has 1 heterocycles. The average Bonchev–Trinajstić information content (AvgIpc) is 2.60. The molecule has 2 rings (SSSR count). The second-order valence-corrected chi connectivity index (χ2v) is 7.23. The van der Waals surface area contributed by atoms with Gasteiger partial charge < -0.3 is 10.1 Å². The van der Waals surface area contributed by atoms with E-state index in [2.05, 4.69) is 39.9 Å². The van der Waals surface area contributed by atoms with Crippen LogP contribution in [-0.4, -0.2) is 17.7 Å². The highest BCUT2D eigenvalue weighted by Crippen LogP contribution is 2.47. The monoisotopic (exact) mass is 293 g/mol. The molecule has 1 aromatic carbocycles. The fraction of sp³-hybridized carbons (Fsp3) is 0.667. The third-order valence-electron chi connectivity index (χ3n) is 4.40. The van der Waals surface area contributed by atoms with Crippen LogP contribution in [0.15, 0.2) is 24.3 Å². The van der Waals surface area contributed by atoms with Gasteiger partial charge in [-0.2, -0.15) is 0 Å². The predicted octanol–water partition coefficient (Wildman–Crippen LogP) is 4.46. The summed E-state index contributed by atoms with van der Waals surface area (Å²) < 4.78 is 20.5. The normalized spacial score (nSPS) is 25.0. The molecule has 21 heavy (non-hydrogen) atoms. The molecule has 0 aromatic heterocycles. The molecule has 1 aliphatic heterocycles. The minimum Gasteiger partial charge on any atom is -0.369 e. The summed E-state index contributed by atoms with van der Waals surface area (Å²) >= 11 is 0. The molecule has 1 fully saturated rings. The number of hydrogen-bond donors (Lipinski definition) is 1. The standard InChI is InChI=1S/C18H28FNO/c1-6-11-20-16(13-9-7-8-10-15(13)19)14-12-17(2,3)21-18(14,4)5/h7-10,14,16,20H,6,11-12H2,1-5H3. The highest BCUT2D eigenvalue weighted by Gasteiger charge is 2.49. The van der Waals surface area contributed by atoms with Gasteiger partial charge in [0.05, 0.1) is 11.2 Å². The summed E-state index contributed by atoms with van der Waals surface area (Å²) in [5, 5.41) is 3.54. The number of rotatable bonds is 5. The molecule has 0 aliphatic carbocycles. The number of halogens is 1. The van der Waals surface area contributed by atoms with Crippen molar-refractivity contribution < 1.29 is 9.13 Å². The largest absolute Gasteiger partial charge is 0.369 e. The SMILES string of the molecule is CCCNC(c1ccccc1F)C1CC(C)(C)OC1(C)C. The molecular formula is C18H28FNO. The van der Waals surface area contributed by atoms with Crippen molar-refractivity contribution in [2.45, 2.75) is 64.7 Å². The van der Waals surface area contributed by atoms with Crippen molar-refractivity contribution in [2.75, 3.05) is 6.54 Å². The third kappa shape index (κ3) is 3.64. The maximum absolute atomic E-state index is 14.3. The van der Waals surface area contributed by atoms with E-state index in [-0.39, 0.29) is 29.0 Å². The molecular weight excluding hydrogens is 265 g/mol. The molecule has 1 N–H and O–H groups in total. The van der Waals surface area contributed by atoms with E-state index in [0.717, 1.165) is 24.9 Å². The van der Waals surface area contributed by atoms with E-state index in [1.54, 1.807) is 12.1 Å². The Morgan fingerprint density at radius 3 is 2.48 bits per heavy atom. The number of nitrogens with one attached hydrogen (secondary N) is 1. The van der Waals surface area contributed by atoms with Crippen LogP contribution in [0.5, 0.6) is 0 Å². The van der Waals surface area contributed by atoms with Gasteiger partial charge in [-0.1, -0.05) is 25.1 Å². The fourth-order valence-corrected chi connectivity index (χ4v) is 3.62. The van der Waals surface area contributed by atoms with Gasteiger partial charge in [0, 0.05) is 17.5 Å². The molecule has 0 amide bonds. The first-order valence-electron chi connectivity index (χ1n) is 7.95. The van der Waals surface area contributed by atoms with Gasteiger partial charge in [-0.15, -0.1) is 0 Å². The van der Waals surface area contributed by atoms with E-state index in [0.29, 0.717) is 0 Å². The zero-order chi connectivity index (χ0) is 15.7. The maximum atomic E-state index is 14.3. The zero-order valence-electron chi connectivity index (χ0n) is 13.9. The van der Waals surface area contributed by atoms with Gasteiger partial charge in [-0.3, -0.25) is 0 Å². The maximum Gasteiger partial charge on any atom is 0.127 e. The predicted molar refractivity (Wildman–Crippen MR) is 84.8 cm³/mol. The van der Waals surface area contributed by atoms with E-state index in [9.17, 15) is 4.39 Å². The van der Waals surface area contributed by atoms with Gasteiger partial charge in [-0.25, -0.2) is 4.39 Å². The van der Waals surface area contributed by atoms with E-state index in [1.165, 1.54) is 0 Å². The Morgan fingerprint density at radius 1 is 1.29 bits per heavy atom. The van der Waals surface area contributed by atoms with Gasteiger partial charge in [0.1, 0.15) is 5.82 Å². The van der Waals surface area contributed by atoms with Crippen LogP contribution in [0.2, 0.25) is 0 Å². The highest BCUT2D eigenvalue weighted by atomic mass is 19.1. The highest BCUT2D eigenvalue weighted by molar-refractivity contribution is 5.23. The smallest absolute Gasteiger partial charge is 0.127 e. The van der Waals surface area contributed by atoms with Gasteiger partial charge in [-0.05, 0) is 53.1 Å². The molecule has 2 nitrogen and oxygen atoms in total. The van der Waals surface area contributed by atoms with Crippen molar-refractivity contribution in [2.24, 2.45) is 5.92 Å². The van der Waals surface area contributed by atoms with Crippen molar-refractivity contribution in [1.82, 2.24) is 5.32 Å². The van der Waals surface area contributed by atoms with Gasteiger partial charge >= 0.3 is 0 Å². The first-order valence-corrected chi connectivity index (χ1v) is 7.95. The average molecular weight is 293 g/mol. The van der Waals surface area contributed by atoms with Crippen LogP contribution in [0.1, 0.15) is 59.1 Å². The zero-order valence-corrected chi connectivity index (χ0v) is 13.9. The van der Waals surface area contributed by atoms with Gasteiger partial charge in [0.2, 0.25) is 0 Å². The Kier molecular flexibility index (Phi) is 4.74. The van der Waals surface area contributed by atoms with E-state index >= 15 is 0 Å². The van der Waals surface area contributed by atoms with Crippen molar-refractivity contribution in [3.05, 3.63) is 35.6 Å². The van der Waals surface area contributed by atoms with Crippen LogP contribution in [0.3, 0.4) is 0 Å². The second kappa shape index (κ2) is 6.05. The van der Waals surface area contributed by atoms with Crippen LogP contribution >= 0.6 is 0 Å². The molecule has 3 heteroatoms. The Morgan fingerprint density at radius 2 is 1.95 bits per heavy atom. The van der Waals surface area contributed by atoms with Crippen LogP contribution in [0.4, 0.5) is 4.39 Å². The Hall–Kier alpha value is -0.930. The molecule has 1 aromatic rings. The van der Waals surface area contributed by atoms with Crippen molar-refractivity contribution >= 4 is 0 Å². The molecule has 118 valence electrons. The minimum atomic E-state index is -0.267. The van der Waals surface area contributed by atoms with Crippen LogP contribution < -0.4 is 5.32 Å². The van der Waals surface area contributed by atoms with Crippen molar-refractivity contribution in [3.63, 3.8) is 0 Å². The summed E-state index contributed by atoms with van der Waals surface area (Å²) in [6, 6.07) is 7.08. The molecule has 0 radical (unpaired) electrons. The lowest BCUT2D eigenvalue weighted by Crippen LogP contribution is -2.39. The Labute approximate surface area is 128 Å². The lowest BCUT2D eigenvalue weighted by Gasteiger charge is -2.34. The molecule has 2 atom stereocenters. The lowest BCUT2D eigenvalue weighted by molar-refractivity contribution is -0.0779. The molecule has 1 aliphatic rings. The van der Waals surface area contributed by atoms with Crippen LogP contribution in [-0.2, 0) is 4.74 Å². The first-order chi connectivity index (χ1) is 9.77. The fourth-order valence-electron chi connectivity index (χ4n) is 3.62. The Balaban J connectivity index is 2.35. The summed E-state index contributed by atoms with van der Waals surface area (Å²) in [5.74, 6) is 0.113. The summed E-state index contributed by atoms with van der Waals surface area (Å²) in [6.07, 6.45) is 1.96. The molecule has 2 unspecified atom stereocenters. The minimum absolute atomic E-state index is 0.0112. The second-order valence-electron chi connectivity index (χ2n) is 7.23. The number of ether oxygens (including phenoxy) is 1. The van der Waals surface area contributed by atoms with E-state index in [4.69, 9.17) is 4.74 Å². The molecule has 0 bridgehead atoms. The topological polar surface area (TPSA) is 21.3 Å². The molecule has 0 saturated carbocycles. The number of hydrogen-bond acceptors (Lipinski definition) is 2. The van der Waals surface area contributed by atoms with Crippen molar-refractivity contribution in [3.8, 4) is 0 Å². The number of benzene rings is 1. The first kappa shape index (κ1) is 16.4. The summed E-state index contributed by atoms with van der Waals surface area (Å²) in [4.78, 5) is 0. The van der Waals surface area contributed by atoms with E-state index < -0.39 is 0 Å². The van der Waals surface area contributed by atoms with Crippen molar-refractivity contribution in [1.29, 1.82) is 0 Å². The lowest BCUT2D eigenvalue weighted by atomic mass is 9.78. The quantitative estimate of drug-likeness (QED) is 0.865. The van der Waals surface area contributed by atoms with Crippen LogP contribution in [0.25, 0.3) is 0 Å². The molecule has 1 saturated heterocycles. The molecule has 0 spiro atoms. The van der Waals surface area contributed by atoms with Gasteiger partial charge in [0.15, 0.2) is 0 Å². The van der Waals surface area contributed by atoms with Gasteiger partial charge in [0.25, 0.3) is 0 Å². The third-order valence-corrected chi connectivity index (χ3v) is 4.40. The Bertz CT molecular complexity index is 484.